The molecule has 0 fully saturated rings. The third kappa shape index (κ3) is 3.38. The van der Waals surface area contributed by atoms with E-state index in [0.717, 1.165) is 12.1 Å². The lowest BCUT2D eigenvalue weighted by molar-refractivity contribution is -0.393. The number of non-ortho nitro benzene ring substituents is 1. The summed E-state index contributed by atoms with van der Waals surface area (Å²) in [5, 5.41) is 32.9. The molecule has 92 valence electrons. The normalized spacial score (nSPS) is 11.9. The first-order valence-electron chi connectivity index (χ1n) is 4.76. The van der Waals surface area contributed by atoms with Gasteiger partial charge in [-0.25, -0.2) is 0 Å². The molecule has 0 aliphatic carbocycles. The maximum Gasteiger partial charge on any atom is 0.299 e. The van der Waals surface area contributed by atoms with Crippen molar-refractivity contribution in [3.63, 3.8) is 0 Å². The Kier molecular flexibility index (Phi) is 3.94. The van der Waals surface area contributed by atoms with Gasteiger partial charge in [-0.2, -0.15) is 0 Å². The Morgan fingerprint density at radius 1 is 1.35 bits per heavy atom. The number of rotatable bonds is 5. The molecule has 0 saturated carbocycles. The molecule has 0 aliphatic rings. The summed E-state index contributed by atoms with van der Waals surface area (Å²) >= 11 is 0. The molecule has 0 aliphatic heterocycles. The van der Waals surface area contributed by atoms with Crippen LogP contribution in [0, 0.1) is 20.2 Å². The monoisotopic (exact) mass is 241 g/mol. The quantitative estimate of drug-likeness (QED) is 0.592. The zero-order valence-electron chi connectivity index (χ0n) is 8.99. The van der Waals surface area contributed by atoms with Crippen LogP contribution < -0.4 is 5.32 Å². The van der Waals surface area contributed by atoms with E-state index in [1.165, 1.54) is 13.0 Å². The summed E-state index contributed by atoms with van der Waals surface area (Å²) in [5.74, 6) is 0. The highest BCUT2D eigenvalue weighted by atomic mass is 16.6. The summed E-state index contributed by atoms with van der Waals surface area (Å²) in [5.41, 5.74) is -0.597. The number of nitro benzene ring substituents is 2. The Hall–Kier alpha value is -2.22. The first-order chi connectivity index (χ1) is 7.91. The fourth-order valence-electron chi connectivity index (χ4n) is 1.19. The van der Waals surface area contributed by atoms with E-state index in [4.69, 9.17) is 5.11 Å². The van der Waals surface area contributed by atoms with Gasteiger partial charge in [0.05, 0.1) is 22.0 Å². The van der Waals surface area contributed by atoms with E-state index in [1.54, 1.807) is 0 Å². The van der Waals surface area contributed by atoms with Gasteiger partial charge in [0.25, 0.3) is 11.4 Å². The van der Waals surface area contributed by atoms with Gasteiger partial charge in [0.1, 0.15) is 5.69 Å². The van der Waals surface area contributed by atoms with Gasteiger partial charge in [0.15, 0.2) is 0 Å². The van der Waals surface area contributed by atoms with Gasteiger partial charge in [-0.05, 0) is 13.0 Å². The number of anilines is 1. The molecular weight excluding hydrogens is 230 g/mol. The van der Waals surface area contributed by atoms with Gasteiger partial charge in [0, 0.05) is 12.6 Å². The highest BCUT2D eigenvalue weighted by Crippen LogP contribution is 2.28. The van der Waals surface area contributed by atoms with E-state index in [-0.39, 0.29) is 23.6 Å². The molecule has 1 unspecified atom stereocenters. The SMILES string of the molecule is CC(O)CNc1ccc([N+](=O)[O-])cc1[N+](=O)[O-]. The van der Waals surface area contributed by atoms with Crippen LogP contribution in [-0.2, 0) is 0 Å². The minimum Gasteiger partial charge on any atom is -0.392 e. The van der Waals surface area contributed by atoms with E-state index in [2.05, 4.69) is 5.32 Å². The van der Waals surface area contributed by atoms with E-state index >= 15 is 0 Å². The molecule has 2 N–H and O–H groups in total. The summed E-state index contributed by atoms with van der Waals surface area (Å²) in [7, 11) is 0. The third-order valence-corrected chi connectivity index (χ3v) is 1.98. The molecule has 1 aromatic carbocycles. The summed E-state index contributed by atoms with van der Waals surface area (Å²) in [6.45, 7) is 1.64. The Morgan fingerprint density at radius 3 is 2.47 bits per heavy atom. The largest absolute Gasteiger partial charge is 0.392 e. The van der Waals surface area contributed by atoms with Crippen LogP contribution in [0.4, 0.5) is 17.1 Å². The maximum absolute atomic E-state index is 10.7. The lowest BCUT2D eigenvalue weighted by Crippen LogP contribution is -2.16. The van der Waals surface area contributed by atoms with Gasteiger partial charge < -0.3 is 10.4 Å². The Bertz CT molecular complexity index is 446. The Balaban J connectivity index is 3.04. The topological polar surface area (TPSA) is 119 Å². The average molecular weight is 241 g/mol. The van der Waals surface area contributed by atoms with Crippen molar-refractivity contribution < 1.29 is 15.0 Å². The molecule has 0 spiro atoms. The van der Waals surface area contributed by atoms with Gasteiger partial charge in [-0.3, -0.25) is 20.2 Å². The van der Waals surface area contributed by atoms with E-state index in [1.807, 2.05) is 0 Å². The third-order valence-electron chi connectivity index (χ3n) is 1.98. The first kappa shape index (κ1) is 12.8. The van der Waals surface area contributed by atoms with Crippen molar-refractivity contribution in [1.82, 2.24) is 0 Å². The molecule has 17 heavy (non-hydrogen) atoms. The van der Waals surface area contributed by atoms with Gasteiger partial charge in [0.2, 0.25) is 0 Å². The molecule has 0 saturated heterocycles. The lowest BCUT2D eigenvalue weighted by atomic mass is 10.2. The van der Waals surface area contributed by atoms with Crippen molar-refractivity contribution >= 4 is 17.1 Å². The number of nitrogens with zero attached hydrogens (tertiary/aromatic N) is 2. The van der Waals surface area contributed by atoms with Crippen molar-refractivity contribution in [2.75, 3.05) is 11.9 Å². The number of hydrogen-bond acceptors (Lipinski definition) is 6. The minimum absolute atomic E-state index is 0.124. The fraction of sp³-hybridized carbons (Fsp3) is 0.333. The van der Waals surface area contributed by atoms with Crippen LogP contribution in [0.1, 0.15) is 6.92 Å². The van der Waals surface area contributed by atoms with Crippen LogP contribution in [0.2, 0.25) is 0 Å². The molecule has 1 atom stereocenters. The lowest BCUT2D eigenvalue weighted by Gasteiger charge is -2.08. The Labute approximate surface area is 96.2 Å². The number of hydrogen-bond donors (Lipinski definition) is 2. The number of aliphatic hydroxyl groups excluding tert-OH is 1. The first-order valence-corrected chi connectivity index (χ1v) is 4.76. The molecule has 1 aromatic rings. The molecule has 0 radical (unpaired) electrons. The molecule has 8 nitrogen and oxygen atoms in total. The predicted octanol–water partition coefficient (Wildman–Crippen LogP) is 1.30. The van der Waals surface area contributed by atoms with Crippen LogP contribution in [0.3, 0.4) is 0 Å². The van der Waals surface area contributed by atoms with E-state index in [9.17, 15) is 20.2 Å². The van der Waals surface area contributed by atoms with E-state index in [0.29, 0.717) is 0 Å². The predicted molar refractivity (Wildman–Crippen MR) is 59.9 cm³/mol. The fourth-order valence-corrected chi connectivity index (χ4v) is 1.19. The van der Waals surface area contributed by atoms with Crippen LogP contribution in [0.25, 0.3) is 0 Å². The molecular formula is C9H11N3O5. The second-order valence-electron chi connectivity index (χ2n) is 3.45. The molecule has 0 bridgehead atoms. The zero-order chi connectivity index (χ0) is 13.0. The molecule has 8 heteroatoms. The van der Waals surface area contributed by atoms with Gasteiger partial charge in [-0.1, -0.05) is 0 Å². The van der Waals surface area contributed by atoms with Crippen LogP contribution in [0.5, 0.6) is 0 Å². The number of nitro groups is 2. The molecule has 0 amide bonds. The molecule has 0 aromatic heterocycles. The molecule has 0 heterocycles. The maximum atomic E-state index is 10.7. The zero-order valence-corrected chi connectivity index (χ0v) is 8.99. The smallest absolute Gasteiger partial charge is 0.299 e. The highest BCUT2D eigenvalue weighted by Gasteiger charge is 2.19. The van der Waals surface area contributed by atoms with Crippen molar-refractivity contribution in [1.29, 1.82) is 0 Å². The summed E-state index contributed by atoms with van der Waals surface area (Å²) in [4.78, 5) is 19.8. The van der Waals surface area contributed by atoms with Crippen molar-refractivity contribution in [3.8, 4) is 0 Å². The minimum atomic E-state index is -0.711. The second-order valence-corrected chi connectivity index (χ2v) is 3.45. The van der Waals surface area contributed by atoms with Crippen molar-refractivity contribution in [3.05, 3.63) is 38.4 Å². The standard InChI is InChI=1S/C9H11N3O5/c1-6(13)5-10-8-3-2-7(11(14)15)4-9(8)12(16)17/h2-4,6,10,13H,5H2,1H3. The number of aliphatic hydroxyl groups is 1. The summed E-state index contributed by atoms with van der Waals surface area (Å²) in [6, 6.07) is 3.29. The second kappa shape index (κ2) is 5.21. The highest BCUT2D eigenvalue weighted by molar-refractivity contribution is 5.65. The van der Waals surface area contributed by atoms with Crippen molar-refractivity contribution in [2.45, 2.75) is 13.0 Å². The summed E-state index contributed by atoms with van der Waals surface area (Å²) < 4.78 is 0. The summed E-state index contributed by atoms with van der Waals surface area (Å²) in [6.07, 6.45) is -0.676. The Morgan fingerprint density at radius 2 is 2.00 bits per heavy atom. The average Bonchev–Trinajstić information content (AvgIpc) is 2.25. The van der Waals surface area contributed by atoms with Crippen molar-refractivity contribution in [2.24, 2.45) is 0 Å². The molecule has 1 rings (SSSR count). The van der Waals surface area contributed by atoms with Crippen LogP contribution >= 0.6 is 0 Å². The number of benzene rings is 1. The van der Waals surface area contributed by atoms with Gasteiger partial charge in [-0.15, -0.1) is 0 Å². The van der Waals surface area contributed by atoms with Crippen LogP contribution in [0.15, 0.2) is 18.2 Å². The van der Waals surface area contributed by atoms with Gasteiger partial charge >= 0.3 is 0 Å². The number of nitrogens with one attached hydrogen (secondary N) is 1. The van der Waals surface area contributed by atoms with Crippen LogP contribution in [-0.4, -0.2) is 27.6 Å². The van der Waals surface area contributed by atoms with E-state index < -0.39 is 16.0 Å².